The maximum Gasteiger partial charge on any atom is 0.195 e. The van der Waals surface area contributed by atoms with E-state index in [0.29, 0.717) is 5.56 Å². The first-order chi connectivity index (χ1) is 16.7. The number of piperazine rings is 1. The van der Waals surface area contributed by atoms with E-state index in [-0.39, 0.29) is 5.78 Å². The fraction of sp³-hybridized carbons (Fsp3) is 0.250. The summed E-state index contributed by atoms with van der Waals surface area (Å²) in [6.45, 7) is 3.13. The van der Waals surface area contributed by atoms with Gasteiger partial charge in [0.25, 0.3) is 0 Å². The van der Waals surface area contributed by atoms with Crippen molar-refractivity contribution in [2.24, 2.45) is 0 Å². The number of carbonyl (C=O) groups excluding carboxylic acids is 1. The highest BCUT2D eigenvalue weighted by Gasteiger charge is 2.35. The van der Waals surface area contributed by atoms with Gasteiger partial charge in [0.2, 0.25) is 0 Å². The number of ether oxygens (including phenoxy) is 1. The number of hydrogen-bond acceptors (Lipinski definition) is 5. The van der Waals surface area contributed by atoms with Crippen LogP contribution >= 0.6 is 0 Å². The molecule has 0 aliphatic carbocycles. The Morgan fingerprint density at radius 3 is 2.29 bits per heavy atom. The normalized spacial score (nSPS) is 16.4. The Labute approximate surface area is 199 Å². The maximum absolute atomic E-state index is 13.6. The summed E-state index contributed by atoms with van der Waals surface area (Å²) in [4.78, 5) is 21.3. The minimum Gasteiger partial charge on any atom is -0.497 e. The fourth-order valence-electron chi connectivity index (χ4n) is 4.87. The first-order valence-corrected chi connectivity index (χ1v) is 11.6. The van der Waals surface area contributed by atoms with Crippen molar-refractivity contribution in [2.45, 2.75) is 12.1 Å². The molecule has 1 fully saturated rings. The number of nitrogens with one attached hydrogen (secondary N) is 1. The maximum atomic E-state index is 13.6. The molecular formula is C28H29N3O3. The molecule has 6 nitrogen and oxygen atoms in total. The first-order valence-electron chi connectivity index (χ1n) is 11.6. The Morgan fingerprint density at radius 1 is 0.912 bits per heavy atom. The largest absolute Gasteiger partial charge is 0.497 e. The molecule has 0 saturated carbocycles. The predicted octanol–water partition coefficient (Wildman–Crippen LogP) is 4.28. The van der Waals surface area contributed by atoms with E-state index >= 15 is 0 Å². The van der Waals surface area contributed by atoms with Gasteiger partial charge in [0.1, 0.15) is 11.9 Å². The minimum atomic E-state index is -1.20. The lowest BCUT2D eigenvalue weighted by molar-refractivity contribution is 0.0366. The van der Waals surface area contributed by atoms with Crippen LogP contribution in [0.15, 0.2) is 85.1 Å². The number of anilines is 1. The molecule has 1 saturated heterocycles. The quantitative estimate of drug-likeness (QED) is 0.407. The second kappa shape index (κ2) is 9.71. The Morgan fingerprint density at radius 2 is 1.59 bits per heavy atom. The molecule has 0 unspecified atom stereocenters. The number of para-hydroxylation sites is 2. The molecule has 2 N–H and O–H groups in total. The van der Waals surface area contributed by atoms with Crippen LogP contribution in [-0.2, 0) is 0 Å². The number of rotatable bonds is 7. The van der Waals surface area contributed by atoms with Crippen molar-refractivity contribution in [3.63, 3.8) is 0 Å². The zero-order chi connectivity index (χ0) is 23.5. The standard InChI is InChI=1S/C28H29N3O3/c1-34-22-13-11-20(12-14-22)26(31-17-15-30(16-18-31)21-7-3-2-4-8-21)28(33)27(32)24-19-29-25-10-6-5-9-23(24)25/h2-14,19,26,28-29,33H,15-18H2,1H3/t26-,28-/m0/s1. The van der Waals surface area contributed by atoms with E-state index in [4.69, 9.17) is 4.74 Å². The Hall–Kier alpha value is -3.61. The molecule has 1 aliphatic heterocycles. The third-order valence-electron chi connectivity index (χ3n) is 6.71. The third kappa shape index (κ3) is 4.30. The van der Waals surface area contributed by atoms with Crippen molar-refractivity contribution in [3.8, 4) is 5.75 Å². The van der Waals surface area contributed by atoms with Crippen LogP contribution in [0.25, 0.3) is 10.9 Å². The fourth-order valence-corrected chi connectivity index (χ4v) is 4.87. The summed E-state index contributed by atoms with van der Waals surface area (Å²) in [6, 6.07) is 25.2. The molecule has 34 heavy (non-hydrogen) atoms. The zero-order valence-electron chi connectivity index (χ0n) is 19.2. The molecule has 3 aromatic carbocycles. The highest BCUT2D eigenvalue weighted by Crippen LogP contribution is 2.31. The van der Waals surface area contributed by atoms with Crippen molar-refractivity contribution < 1.29 is 14.6 Å². The van der Waals surface area contributed by atoms with E-state index in [2.05, 4.69) is 26.9 Å². The molecule has 0 amide bonds. The molecule has 0 radical (unpaired) electrons. The van der Waals surface area contributed by atoms with Gasteiger partial charge in [0.15, 0.2) is 5.78 Å². The van der Waals surface area contributed by atoms with Gasteiger partial charge in [-0.05, 0) is 35.9 Å². The average molecular weight is 456 g/mol. The molecule has 2 atom stereocenters. The number of aliphatic hydroxyl groups is 1. The summed E-state index contributed by atoms with van der Waals surface area (Å²) in [6.07, 6.45) is 0.505. The number of Topliss-reactive ketones (excluding diaryl/α,β-unsaturated/α-hetero) is 1. The number of carbonyl (C=O) groups is 1. The lowest BCUT2D eigenvalue weighted by Crippen LogP contribution is -2.51. The molecule has 0 bridgehead atoms. The van der Waals surface area contributed by atoms with E-state index in [1.54, 1.807) is 13.3 Å². The number of fused-ring (bicyclic) bond motifs is 1. The van der Waals surface area contributed by atoms with Crippen LogP contribution in [0.5, 0.6) is 5.75 Å². The number of aromatic nitrogens is 1. The lowest BCUT2D eigenvalue weighted by Gasteiger charge is -2.41. The number of nitrogens with zero attached hydrogens (tertiary/aromatic N) is 2. The van der Waals surface area contributed by atoms with E-state index in [1.165, 1.54) is 5.69 Å². The van der Waals surface area contributed by atoms with Crippen LogP contribution in [0, 0.1) is 0 Å². The second-order valence-electron chi connectivity index (χ2n) is 8.63. The number of benzene rings is 3. The molecule has 4 aromatic rings. The average Bonchev–Trinajstić information content (AvgIpc) is 3.34. The van der Waals surface area contributed by atoms with Gasteiger partial charge in [-0.3, -0.25) is 9.69 Å². The van der Waals surface area contributed by atoms with Crippen molar-refractivity contribution >= 4 is 22.4 Å². The Balaban J connectivity index is 1.43. The van der Waals surface area contributed by atoms with E-state index < -0.39 is 12.1 Å². The van der Waals surface area contributed by atoms with E-state index in [1.807, 2.05) is 66.7 Å². The van der Waals surface area contributed by atoms with Crippen LogP contribution in [-0.4, -0.2) is 60.2 Å². The number of hydrogen-bond donors (Lipinski definition) is 2. The smallest absolute Gasteiger partial charge is 0.195 e. The zero-order valence-corrected chi connectivity index (χ0v) is 19.2. The predicted molar refractivity (Wildman–Crippen MR) is 135 cm³/mol. The Bertz CT molecular complexity index is 1240. The number of methoxy groups -OCH3 is 1. The van der Waals surface area contributed by atoms with Gasteiger partial charge in [-0.1, -0.05) is 48.5 Å². The second-order valence-corrected chi connectivity index (χ2v) is 8.63. The van der Waals surface area contributed by atoms with Gasteiger partial charge in [0, 0.05) is 54.5 Å². The molecule has 2 heterocycles. The summed E-state index contributed by atoms with van der Waals surface area (Å²) in [5, 5.41) is 12.3. The summed E-state index contributed by atoms with van der Waals surface area (Å²) in [5.41, 5.74) is 3.49. The molecule has 0 spiro atoms. The minimum absolute atomic E-state index is 0.274. The van der Waals surface area contributed by atoms with E-state index in [9.17, 15) is 9.90 Å². The number of ketones is 1. The van der Waals surface area contributed by atoms with Crippen LogP contribution in [0.3, 0.4) is 0 Å². The van der Waals surface area contributed by atoms with Crippen molar-refractivity contribution in [2.75, 3.05) is 38.2 Å². The van der Waals surface area contributed by atoms with Crippen molar-refractivity contribution in [3.05, 3.63) is 96.2 Å². The monoisotopic (exact) mass is 455 g/mol. The van der Waals surface area contributed by atoms with Gasteiger partial charge in [-0.25, -0.2) is 0 Å². The number of aromatic amines is 1. The van der Waals surface area contributed by atoms with Crippen molar-refractivity contribution in [1.82, 2.24) is 9.88 Å². The molecule has 174 valence electrons. The summed E-state index contributed by atoms with van der Waals surface area (Å²) < 4.78 is 5.32. The van der Waals surface area contributed by atoms with Gasteiger partial charge in [-0.2, -0.15) is 0 Å². The SMILES string of the molecule is COc1ccc([C@@H]([C@H](O)C(=O)c2c[nH]c3ccccc23)N2CCN(c3ccccc3)CC2)cc1. The first kappa shape index (κ1) is 22.2. The van der Waals surface area contributed by atoms with Crippen LogP contribution in [0.1, 0.15) is 22.0 Å². The summed E-state index contributed by atoms with van der Waals surface area (Å²) in [7, 11) is 1.63. The van der Waals surface area contributed by atoms with Gasteiger partial charge in [-0.15, -0.1) is 0 Å². The topological polar surface area (TPSA) is 68.8 Å². The summed E-state index contributed by atoms with van der Waals surface area (Å²) >= 11 is 0. The molecule has 1 aromatic heterocycles. The number of H-pyrrole nitrogens is 1. The van der Waals surface area contributed by atoms with Gasteiger partial charge < -0.3 is 19.7 Å². The molecule has 5 rings (SSSR count). The van der Waals surface area contributed by atoms with E-state index in [0.717, 1.165) is 48.4 Å². The molecule has 1 aliphatic rings. The Kier molecular flexibility index (Phi) is 6.34. The summed E-state index contributed by atoms with van der Waals surface area (Å²) in [5.74, 6) is 0.470. The van der Waals surface area contributed by atoms with Gasteiger partial charge >= 0.3 is 0 Å². The van der Waals surface area contributed by atoms with Crippen LogP contribution < -0.4 is 9.64 Å². The van der Waals surface area contributed by atoms with Gasteiger partial charge in [0.05, 0.1) is 13.2 Å². The number of aliphatic hydroxyl groups excluding tert-OH is 1. The van der Waals surface area contributed by atoms with Crippen LogP contribution in [0.2, 0.25) is 0 Å². The third-order valence-corrected chi connectivity index (χ3v) is 6.71. The lowest BCUT2D eigenvalue weighted by atomic mass is 9.92. The molecule has 6 heteroatoms. The highest BCUT2D eigenvalue weighted by molar-refractivity contribution is 6.10. The van der Waals surface area contributed by atoms with Crippen molar-refractivity contribution in [1.29, 1.82) is 0 Å². The van der Waals surface area contributed by atoms with Crippen LogP contribution in [0.4, 0.5) is 5.69 Å². The highest BCUT2D eigenvalue weighted by atomic mass is 16.5. The molecular weight excluding hydrogens is 426 g/mol.